The zero-order valence-electron chi connectivity index (χ0n) is 11.5. The topological polar surface area (TPSA) is 15.3 Å². The molecule has 0 radical (unpaired) electrons. The van der Waals surface area contributed by atoms with E-state index < -0.39 is 0 Å². The van der Waals surface area contributed by atoms with Crippen LogP contribution in [0.2, 0.25) is 0 Å². The first kappa shape index (κ1) is 12.0. The van der Waals surface area contributed by atoms with Crippen LogP contribution in [0.25, 0.3) is 0 Å². The van der Waals surface area contributed by atoms with Gasteiger partial charge in [-0.05, 0) is 57.2 Å². The fourth-order valence-electron chi connectivity index (χ4n) is 3.74. The number of fused-ring (bicyclic) bond motifs is 2. The van der Waals surface area contributed by atoms with Crippen LogP contribution in [0.5, 0.6) is 0 Å². The predicted molar refractivity (Wildman–Crippen MR) is 77.2 cm³/mol. The van der Waals surface area contributed by atoms with Crippen molar-refractivity contribution in [3.05, 3.63) is 29.8 Å². The maximum absolute atomic E-state index is 3.74. The number of hydrogen-bond donors (Lipinski definition) is 1. The summed E-state index contributed by atoms with van der Waals surface area (Å²) < 4.78 is 0. The van der Waals surface area contributed by atoms with Gasteiger partial charge in [0, 0.05) is 30.4 Å². The van der Waals surface area contributed by atoms with Crippen molar-refractivity contribution in [3.63, 3.8) is 0 Å². The Balaban J connectivity index is 1.80. The van der Waals surface area contributed by atoms with E-state index in [1.54, 1.807) is 0 Å². The summed E-state index contributed by atoms with van der Waals surface area (Å²) in [4.78, 5) is 2.61. The third kappa shape index (κ3) is 2.26. The molecule has 1 N–H and O–H groups in total. The number of nitrogens with zero attached hydrogens (tertiary/aromatic N) is 1. The molecule has 2 saturated heterocycles. The molecule has 2 heterocycles. The van der Waals surface area contributed by atoms with Crippen molar-refractivity contribution in [1.29, 1.82) is 0 Å². The molecule has 0 aliphatic carbocycles. The minimum Gasteiger partial charge on any atom is -0.369 e. The third-order valence-corrected chi connectivity index (χ3v) is 4.56. The van der Waals surface area contributed by atoms with E-state index in [1.807, 2.05) is 0 Å². The van der Waals surface area contributed by atoms with Crippen LogP contribution < -0.4 is 10.2 Å². The summed E-state index contributed by atoms with van der Waals surface area (Å²) in [5.41, 5.74) is 2.77. The van der Waals surface area contributed by atoms with Gasteiger partial charge in [-0.3, -0.25) is 0 Å². The van der Waals surface area contributed by atoms with E-state index in [-0.39, 0.29) is 0 Å². The van der Waals surface area contributed by atoms with Gasteiger partial charge in [0.25, 0.3) is 0 Å². The van der Waals surface area contributed by atoms with Crippen LogP contribution in [0.3, 0.4) is 0 Å². The Morgan fingerprint density at radius 2 is 1.94 bits per heavy atom. The Bertz CT molecular complexity index is 403. The van der Waals surface area contributed by atoms with Crippen molar-refractivity contribution < 1.29 is 0 Å². The number of piperidine rings is 1. The van der Waals surface area contributed by atoms with Crippen molar-refractivity contribution in [2.24, 2.45) is 0 Å². The lowest BCUT2D eigenvalue weighted by Gasteiger charge is -2.39. The quantitative estimate of drug-likeness (QED) is 0.879. The SMILES string of the molecule is CCN(c1cccc(C)c1)C1CC2CCC(C1)N2. The summed E-state index contributed by atoms with van der Waals surface area (Å²) in [7, 11) is 0. The molecular weight excluding hydrogens is 220 g/mol. The van der Waals surface area contributed by atoms with E-state index in [2.05, 4.69) is 48.3 Å². The van der Waals surface area contributed by atoms with Gasteiger partial charge < -0.3 is 10.2 Å². The van der Waals surface area contributed by atoms with E-state index in [9.17, 15) is 0 Å². The zero-order chi connectivity index (χ0) is 12.5. The number of aryl methyl sites for hydroxylation is 1. The van der Waals surface area contributed by atoms with Crippen LogP contribution in [0, 0.1) is 6.92 Å². The van der Waals surface area contributed by atoms with Gasteiger partial charge in [0.15, 0.2) is 0 Å². The van der Waals surface area contributed by atoms with Gasteiger partial charge in [0.05, 0.1) is 0 Å². The molecule has 2 atom stereocenters. The van der Waals surface area contributed by atoms with Gasteiger partial charge in [-0.1, -0.05) is 12.1 Å². The van der Waals surface area contributed by atoms with Crippen LogP contribution in [0.15, 0.2) is 24.3 Å². The highest BCUT2D eigenvalue weighted by molar-refractivity contribution is 5.49. The highest BCUT2D eigenvalue weighted by atomic mass is 15.2. The molecular formula is C16H24N2. The maximum Gasteiger partial charge on any atom is 0.0371 e. The number of benzene rings is 1. The maximum atomic E-state index is 3.74. The monoisotopic (exact) mass is 244 g/mol. The molecule has 2 unspecified atom stereocenters. The second-order valence-corrected chi connectivity index (χ2v) is 5.89. The van der Waals surface area contributed by atoms with E-state index in [1.165, 1.54) is 36.9 Å². The summed E-state index contributed by atoms with van der Waals surface area (Å²) in [6.45, 7) is 5.59. The molecule has 1 aromatic carbocycles. The second-order valence-electron chi connectivity index (χ2n) is 5.89. The molecule has 2 nitrogen and oxygen atoms in total. The van der Waals surface area contributed by atoms with Crippen molar-refractivity contribution in [2.45, 2.75) is 57.7 Å². The first-order valence-corrected chi connectivity index (χ1v) is 7.35. The fraction of sp³-hybridized carbons (Fsp3) is 0.625. The molecule has 0 saturated carbocycles. The molecule has 3 rings (SSSR count). The average Bonchev–Trinajstić information content (AvgIpc) is 2.70. The molecule has 2 aliphatic rings. The van der Waals surface area contributed by atoms with E-state index in [0.29, 0.717) is 0 Å². The summed E-state index contributed by atoms with van der Waals surface area (Å²) in [6.07, 6.45) is 5.40. The normalized spacial score (nSPS) is 30.4. The van der Waals surface area contributed by atoms with Gasteiger partial charge in [-0.2, -0.15) is 0 Å². The molecule has 0 aromatic heterocycles. The first-order valence-electron chi connectivity index (χ1n) is 7.35. The molecule has 0 amide bonds. The van der Waals surface area contributed by atoms with Crippen LogP contribution >= 0.6 is 0 Å². The lowest BCUT2D eigenvalue weighted by atomic mass is 9.97. The third-order valence-electron chi connectivity index (χ3n) is 4.56. The molecule has 2 fully saturated rings. The van der Waals surface area contributed by atoms with Gasteiger partial charge >= 0.3 is 0 Å². The highest BCUT2D eigenvalue weighted by Crippen LogP contribution is 2.32. The largest absolute Gasteiger partial charge is 0.369 e. The highest BCUT2D eigenvalue weighted by Gasteiger charge is 2.35. The summed E-state index contributed by atoms with van der Waals surface area (Å²) in [5, 5.41) is 3.74. The molecule has 1 aromatic rings. The Kier molecular flexibility index (Phi) is 3.29. The Morgan fingerprint density at radius 1 is 1.22 bits per heavy atom. The molecule has 98 valence electrons. The van der Waals surface area contributed by atoms with Crippen LogP contribution in [-0.4, -0.2) is 24.7 Å². The minimum absolute atomic E-state index is 0.732. The summed E-state index contributed by atoms with van der Waals surface area (Å²) in [6, 6.07) is 11.2. The molecule has 2 heteroatoms. The molecule has 2 aliphatic heterocycles. The van der Waals surface area contributed by atoms with Gasteiger partial charge in [-0.15, -0.1) is 0 Å². The van der Waals surface area contributed by atoms with Crippen molar-refractivity contribution in [1.82, 2.24) is 5.32 Å². The van der Waals surface area contributed by atoms with Crippen molar-refractivity contribution in [2.75, 3.05) is 11.4 Å². The second kappa shape index (κ2) is 4.93. The lowest BCUT2D eigenvalue weighted by molar-refractivity contribution is 0.349. The van der Waals surface area contributed by atoms with Crippen molar-refractivity contribution >= 4 is 5.69 Å². The predicted octanol–water partition coefficient (Wildman–Crippen LogP) is 3.10. The summed E-state index contributed by atoms with van der Waals surface area (Å²) in [5.74, 6) is 0. The molecule has 0 spiro atoms. The minimum atomic E-state index is 0.732. The number of anilines is 1. The molecule has 18 heavy (non-hydrogen) atoms. The number of rotatable bonds is 3. The average molecular weight is 244 g/mol. The van der Waals surface area contributed by atoms with Crippen molar-refractivity contribution in [3.8, 4) is 0 Å². The van der Waals surface area contributed by atoms with Gasteiger partial charge in [-0.25, -0.2) is 0 Å². The molecule has 2 bridgehead atoms. The lowest BCUT2D eigenvalue weighted by Crippen LogP contribution is -2.48. The van der Waals surface area contributed by atoms with E-state index in [4.69, 9.17) is 0 Å². The van der Waals surface area contributed by atoms with Crippen LogP contribution in [0.4, 0.5) is 5.69 Å². The zero-order valence-corrected chi connectivity index (χ0v) is 11.5. The Labute approximate surface area is 110 Å². The Hall–Kier alpha value is -1.02. The first-order chi connectivity index (χ1) is 8.76. The van der Waals surface area contributed by atoms with E-state index in [0.717, 1.165) is 24.7 Å². The fourth-order valence-corrected chi connectivity index (χ4v) is 3.74. The van der Waals surface area contributed by atoms with Gasteiger partial charge in [0.1, 0.15) is 0 Å². The standard InChI is InChI=1S/C16H24N2/c1-3-18(15-6-4-5-12(2)9-15)16-10-13-7-8-14(11-16)17-13/h4-6,9,13-14,16-17H,3,7-8,10-11H2,1-2H3. The van der Waals surface area contributed by atoms with Gasteiger partial charge in [0.2, 0.25) is 0 Å². The number of nitrogens with one attached hydrogen (secondary N) is 1. The number of hydrogen-bond acceptors (Lipinski definition) is 2. The van der Waals surface area contributed by atoms with E-state index >= 15 is 0 Å². The van der Waals surface area contributed by atoms with Crippen LogP contribution in [-0.2, 0) is 0 Å². The summed E-state index contributed by atoms with van der Waals surface area (Å²) >= 11 is 0. The van der Waals surface area contributed by atoms with Crippen LogP contribution in [0.1, 0.15) is 38.2 Å². The Morgan fingerprint density at radius 3 is 2.56 bits per heavy atom. The smallest absolute Gasteiger partial charge is 0.0371 e.